The number of hydrogen-bond donors (Lipinski definition) is 3. The van der Waals surface area contributed by atoms with Crippen LogP contribution in [0.1, 0.15) is 6.42 Å². The van der Waals surface area contributed by atoms with E-state index >= 15 is 0 Å². The van der Waals surface area contributed by atoms with Gasteiger partial charge in [-0.1, -0.05) is 0 Å². The van der Waals surface area contributed by atoms with Crippen molar-refractivity contribution in [1.82, 2.24) is 5.32 Å². The van der Waals surface area contributed by atoms with Crippen molar-refractivity contribution in [3.05, 3.63) is 0 Å². The fourth-order valence-corrected chi connectivity index (χ4v) is 1.13. The van der Waals surface area contributed by atoms with E-state index in [0.717, 1.165) is 5.75 Å². The van der Waals surface area contributed by atoms with Crippen LogP contribution in [0.3, 0.4) is 0 Å². The molecule has 0 aromatic heterocycles. The number of carbonyl (C=O) groups is 1. The van der Waals surface area contributed by atoms with Crippen molar-refractivity contribution < 1.29 is 32.1 Å². The zero-order valence-corrected chi connectivity index (χ0v) is 8.47. The number of hydrogen-bond acceptors (Lipinski definition) is 4. The molecule has 0 bridgehead atoms. The van der Waals surface area contributed by atoms with Gasteiger partial charge in [-0.25, -0.2) is 0 Å². The fourth-order valence-electron chi connectivity index (χ4n) is 0.659. The normalized spacial score (nSPS) is 11.8. The maximum Gasteiger partial charge on any atom is 0.320 e. The monoisotopic (exact) mass is 242 g/mol. The predicted octanol–water partition coefficient (Wildman–Crippen LogP) is -0.270. The SMILES string of the molecule is CSCCC(NCO)C(=O)O.[Cu]. The minimum atomic E-state index is -0.909. The summed E-state index contributed by atoms with van der Waals surface area (Å²) in [6.45, 7) is -0.286. The molecule has 6 heteroatoms. The molecule has 0 saturated heterocycles. The number of carboxylic acids is 1. The van der Waals surface area contributed by atoms with E-state index in [0.29, 0.717) is 6.42 Å². The molecule has 0 spiro atoms. The molecule has 12 heavy (non-hydrogen) atoms. The summed E-state index contributed by atoms with van der Waals surface area (Å²) in [5.41, 5.74) is 0. The number of aliphatic carboxylic acids is 1. The molecule has 77 valence electrons. The topological polar surface area (TPSA) is 69.6 Å². The number of nitrogens with one attached hydrogen (secondary N) is 1. The third kappa shape index (κ3) is 6.94. The molecule has 1 unspecified atom stereocenters. The molecule has 1 radical (unpaired) electrons. The Hall–Kier alpha value is 0.259. The van der Waals surface area contributed by atoms with E-state index in [1.807, 2.05) is 6.26 Å². The molecule has 0 fully saturated rings. The molecule has 0 heterocycles. The van der Waals surface area contributed by atoms with Gasteiger partial charge in [0.2, 0.25) is 0 Å². The second-order valence-electron chi connectivity index (χ2n) is 2.03. The van der Waals surface area contributed by atoms with Crippen molar-refractivity contribution in [2.75, 3.05) is 18.7 Å². The zero-order chi connectivity index (χ0) is 8.69. The zero-order valence-electron chi connectivity index (χ0n) is 6.71. The Morgan fingerprint density at radius 2 is 2.25 bits per heavy atom. The summed E-state index contributed by atoms with van der Waals surface area (Å²) in [4.78, 5) is 10.4. The first-order valence-electron chi connectivity index (χ1n) is 3.28. The quantitative estimate of drug-likeness (QED) is 0.442. The van der Waals surface area contributed by atoms with Gasteiger partial charge in [-0.15, -0.1) is 0 Å². The van der Waals surface area contributed by atoms with Crippen molar-refractivity contribution in [2.45, 2.75) is 12.5 Å². The summed E-state index contributed by atoms with van der Waals surface area (Å²) in [7, 11) is 0. The van der Waals surface area contributed by atoms with Gasteiger partial charge in [-0.05, 0) is 18.4 Å². The molecular formula is C6H13CuNO3S. The number of aliphatic hydroxyl groups excluding tert-OH is 1. The minimum absolute atomic E-state index is 0. The number of carboxylic acid groups (broad SMARTS) is 1. The average molecular weight is 243 g/mol. The third-order valence-corrected chi connectivity index (χ3v) is 1.89. The van der Waals surface area contributed by atoms with Crippen LogP contribution >= 0.6 is 11.8 Å². The second kappa shape index (κ2) is 9.35. The van der Waals surface area contributed by atoms with Crippen LogP contribution in [0.2, 0.25) is 0 Å². The first kappa shape index (κ1) is 14.8. The molecule has 4 nitrogen and oxygen atoms in total. The van der Waals surface area contributed by atoms with Crippen LogP contribution in [0.15, 0.2) is 0 Å². The van der Waals surface area contributed by atoms with Crippen LogP contribution < -0.4 is 5.32 Å². The van der Waals surface area contributed by atoms with Gasteiger partial charge < -0.3 is 10.2 Å². The Bertz CT molecular complexity index is 125. The van der Waals surface area contributed by atoms with E-state index in [2.05, 4.69) is 5.32 Å². The largest absolute Gasteiger partial charge is 0.480 e. The maximum absolute atomic E-state index is 10.4. The first-order chi connectivity index (χ1) is 5.22. The summed E-state index contributed by atoms with van der Waals surface area (Å²) in [6.07, 6.45) is 2.45. The van der Waals surface area contributed by atoms with Crippen LogP contribution in [-0.2, 0) is 21.9 Å². The van der Waals surface area contributed by atoms with Gasteiger partial charge in [0.15, 0.2) is 0 Å². The van der Waals surface area contributed by atoms with Crippen LogP contribution in [-0.4, -0.2) is 41.0 Å². The van der Waals surface area contributed by atoms with Gasteiger partial charge in [-0.3, -0.25) is 10.1 Å². The molecule has 0 aromatic carbocycles. The molecule has 0 aliphatic carbocycles. The Morgan fingerprint density at radius 1 is 1.67 bits per heavy atom. The van der Waals surface area contributed by atoms with Gasteiger partial charge in [0.05, 0.1) is 6.73 Å². The number of thioether (sulfide) groups is 1. The number of aliphatic hydroxyl groups is 1. The van der Waals surface area contributed by atoms with Gasteiger partial charge in [0, 0.05) is 17.1 Å². The van der Waals surface area contributed by atoms with E-state index < -0.39 is 12.0 Å². The Labute approximate surface area is 86.6 Å². The average Bonchev–Trinajstić information content (AvgIpc) is 1.97. The fraction of sp³-hybridized carbons (Fsp3) is 0.833. The molecular weight excluding hydrogens is 230 g/mol. The predicted molar refractivity (Wildman–Crippen MR) is 44.6 cm³/mol. The maximum atomic E-state index is 10.4. The van der Waals surface area contributed by atoms with E-state index in [1.165, 1.54) is 0 Å². The van der Waals surface area contributed by atoms with Crippen LogP contribution in [0.25, 0.3) is 0 Å². The van der Waals surface area contributed by atoms with Crippen molar-refractivity contribution in [2.24, 2.45) is 0 Å². The van der Waals surface area contributed by atoms with Crippen LogP contribution in [0, 0.1) is 0 Å². The molecule has 0 saturated carbocycles. The molecule has 0 amide bonds. The summed E-state index contributed by atoms with van der Waals surface area (Å²) < 4.78 is 0. The molecule has 0 aromatic rings. The van der Waals surface area contributed by atoms with Crippen LogP contribution in [0.5, 0.6) is 0 Å². The van der Waals surface area contributed by atoms with Crippen molar-refractivity contribution in [3.8, 4) is 0 Å². The smallest absolute Gasteiger partial charge is 0.320 e. The molecule has 1 atom stereocenters. The van der Waals surface area contributed by atoms with Gasteiger partial charge in [0.25, 0.3) is 0 Å². The number of rotatable bonds is 6. The van der Waals surface area contributed by atoms with E-state index in [-0.39, 0.29) is 23.8 Å². The summed E-state index contributed by atoms with van der Waals surface area (Å²) in [6, 6.07) is -0.618. The van der Waals surface area contributed by atoms with Crippen molar-refractivity contribution >= 4 is 17.7 Å². The summed E-state index contributed by atoms with van der Waals surface area (Å²) >= 11 is 1.59. The molecule has 3 N–H and O–H groups in total. The van der Waals surface area contributed by atoms with Gasteiger partial charge >= 0.3 is 5.97 Å². The van der Waals surface area contributed by atoms with E-state index in [1.54, 1.807) is 11.8 Å². The standard InChI is InChI=1S/C6H13NO3S.Cu/c1-11-3-2-5(6(9)10)7-4-8;/h5,7-8H,2-4H2,1H3,(H,9,10);. The summed E-state index contributed by atoms with van der Waals surface area (Å²) in [5, 5.41) is 19.4. The molecule has 0 aliphatic heterocycles. The van der Waals surface area contributed by atoms with E-state index in [4.69, 9.17) is 10.2 Å². The third-order valence-electron chi connectivity index (χ3n) is 1.25. The van der Waals surface area contributed by atoms with Crippen LogP contribution in [0.4, 0.5) is 0 Å². The Balaban J connectivity index is 0. The minimum Gasteiger partial charge on any atom is -0.480 e. The Morgan fingerprint density at radius 3 is 2.58 bits per heavy atom. The molecule has 0 aliphatic rings. The Kier molecular flexibility index (Phi) is 11.5. The first-order valence-corrected chi connectivity index (χ1v) is 4.67. The van der Waals surface area contributed by atoms with Gasteiger partial charge in [0.1, 0.15) is 6.04 Å². The van der Waals surface area contributed by atoms with Gasteiger partial charge in [-0.2, -0.15) is 11.8 Å². The molecule has 0 rings (SSSR count). The summed E-state index contributed by atoms with van der Waals surface area (Å²) in [5.74, 6) is -0.127. The van der Waals surface area contributed by atoms with E-state index in [9.17, 15) is 4.79 Å². The van der Waals surface area contributed by atoms with Crippen molar-refractivity contribution in [3.63, 3.8) is 0 Å². The second-order valence-corrected chi connectivity index (χ2v) is 3.02. The van der Waals surface area contributed by atoms with Crippen molar-refractivity contribution in [1.29, 1.82) is 0 Å².